The Labute approximate surface area is 134 Å². The number of carbonyl (C=O) groups is 1. The molecular formula is C15H21N5O3. The van der Waals surface area contributed by atoms with Gasteiger partial charge in [0.05, 0.1) is 11.4 Å². The Bertz CT molecular complexity index is 708. The van der Waals surface area contributed by atoms with Gasteiger partial charge >= 0.3 is 0 Å². The van der Waals surface area contributed by atoms with E-state index in [2.05, 4.69) is 10.3 Å². The summed E-state index contributed by atoms with van der Waals surface area (Å²) in [5, 5.41) is 18.4. The van der Waals surface area contributed by atoms with Gasteiger partial charge in [-0.1, -0.05) is 5.16 Å². The van der Waals surface area contributed by atoms with Crippen molar-refractivity contribution in [3.05, 3.63) is 29.4 Å². The zero-order chi connectivity index (χ0) is 16.6. The summed E-state index contributed by atoms with van der Waals surface area (Å²) in [5.74, 6) is 0.610. The van der Waals surface area contributed by atoms with Crippen molar-refractivity contribution in [2.45, 2.75) is 32.5 Å². The van der Waals surface area contributed by atoms with Crippen LogP contribution in [0, 0.1) is 6.92 Å². The van der Waals surface area contributed by atoms with Crippen molar-refractivity contribution in [2.24, 2.45) is 7.05 Å². The predicted octanol–water partition coefficient (Wildman–Crippen LogP) is 0.907. The molecule has 3 heterocycles. The molecular weight excluding hydrogens is 298 g/mol. The monoisotopic (exact) mass is 319 g/mol. The third-order valence-corrected chi connectivity index (χ3v) is 4.03. The molecule has 3 rings (SSSR count). The molecule has 0 bridgehead atoms. The predicted molar refractivity (Wildman–Crippen MR) is 82.8 cm³/mol. The van der Waals surface area contributed by atoms with Gasteiger partial charge in [0.15, 0.2) is 5.69 Å². The molecule has 1 atom stereocenters. The number of anilines is 1. The second-order valence-corrected chi connectivity index (χ2v) is 5.88. The molecule has 124 valence electrons. The highest BCUT2D eigenvalue weighted by Gasteiger charge is 2.36. The molecule has 0 aromatic carbocycles. The third-order valence-electron chi connectivity index (χ3n) is 4.03. The molecule has 0 saturated heterocycles. The number of amides is 1. The zero-order valence-electron chi connectivity index (χ0n) is 13.6. The van der Waals surface area contributed by atoms with E-state index in [1.165, 1.54) is 4.90 Å². The fourth-order valence-corrected chi connectivity index (χ4v) is 2.79. The average molecular weight is 319 g/mol. The molecule has 8 nitrogen and oxygen atoms in total. The summed E-state index contributed by atoms with van der Waals surface area (Å²) < 4.78 is 6.75. The fourth-order valence-electron chi connectivity index (χ4n) is 2.79. The van der Waals surface area contributed by atoms with E-state index in [9.17, 15) is 9.90 Å². The smallest absolute Gasteiger partial charge is 0.279 e. The lowest BCUT2D eigenvalue weighted by molar-refractivity contribution is 0.00325. The minimum atomic E-state index is -0.966. The fraction of sp³-hybridized carbons (Fsp3) is 0.533. The highest BCUT2D eigenvalue weighted by atomic mass is 16.5. The van der Waals surface area contributed by atoms with Crippen LogP contribution >= 0.6 is 0 Å². The van der Waals surface area contributed by atoms with Gasteiger partial charge in [0.25, 0.3) is 5.91 Å². The molecule has 1 aliphatic rings. The quantitative estimate of drug-likeness (QED) is 0.824. The first kappa shape index (κ1) is 15.5. The van der Waals surface area contributed by atoms with Crippen LogP contribution in [0.2, 0.25) is 0 Å². The largest absolute Gasteiger partial charge is 0.361 e. The Hall–Kier alpha value is -2.35. The van der Waals surface area contributed by atoms with Crippen LogP contribution in [0.15, 0.2) is 16.8 Å². The lowest BCUT2D eigenvalue weighted by atomic mass is 10.1. The molecule has 1 N–H and O–H groups in total. The number of carbonyl (C=O) groups excluding carboxylic acids is 1. The molecule has 0 aliphatic carbocycles. The molecule has 23 heavy (non-hydrogen) atoms. The van der Waals surface area contributed by atoms with Crippen molar-refractivity contribution in [3.8, 4) is 0 Å². The SMILES string of the molecule is Cc1cc(CCCCN2C(=O)c3nn(C)cc3N(C)C2O)on1. The first-order valence-corrected chi connectivity index (χ1v) is 7.65. The maximum atomic E-state index is 12.5. The van der Waals surface area contributed by atoms with E-state index in [1.54, 1.807) is 29.9 Å². The van der Waals surface area contributed by atoms with Gasteiger partial charge in [-0.05, 0) is 19.8 Å². The van der Waals surface area contributed by atoms with Gasteiger partial charge in [0.1, 0.15) is 5.76 Å². The van der Waals surface area contributed by atoms with Crippen LogP contribution in [0.4, 0.5) is 5.69 Å². The van der Waals surface area contributed by atoms with Gasteiger partial charge in [-0.3, -0.25) is 14.4 Å². The zero-order valence-corrected chi connectivity index (χ0v) is 13.6. The second kappa shape index (κ2) is 6.04. The Balaban J connectivity index is 1.60. The number of hydrogen-bond acceptors (Lipinski definition) is 6. The van der Waals surface area contributed by atoms with Gasteiger partial charge in [0, 0.05) is 39.3 Å². The summed E-state index contributed by atoms with van der Waals surface area (Å²) in [6.45, 7) is 2.35. The Morgan fingerprint density at radius 1 is 1.35 bits per heavy atom. The van der Waals surface area contributed by atoms with E-state index in [0.29, 0.717) is 17.9 Å². The van der Waals surface area contributed by atoms with E-state index < -0.39 is 6.35 Å². The van der Waals surface area contributed by atoms with Crippen molar-refractivity contribution in [2.75, 3.05) is 18.5 Å². The van der Waals surface area contributed by atoms with Crippen molar-refractivity contribution in [1.29, 1.82) is 0 Å². The number of rotatable bonds is 5. The van der Waals surface area contributed by atoms with Crippen LogP contribution in [0.1, 0.15) is 34.8 Å². The Morgan fingerprint density at radius 2 is 2.13 bits per heavy atom. The number of aliphatic hydroxyl groups excluding tert-OH is 1. The van der Waals surface area contributed by atoms with Crippen LogP contribution in [0.3, 0.4) is 0 Å². The van der Waals surface area contributed by atoms with Gasteiger partial charge in [-0.2, -0.15) is 5.10 Å². The number of unbranched alkanes of at least 4 members (excludes halogenated alkanes) is 1. The van der Waals surface area contributed by atoms with Crippen LogP contribution in [-0.4, -0.2) is 50.8 Å². The number of aromatic nitrogens is 3. The van der Waals surface area contributed by atoms with E-state index in [0.717, 1.165) is 30.7 Å². The minimum absolute atomic E-state index is 0.235. The lowest BCUT2D eigenvalue weighted by Gasteiger charge is -2.38. The van der Waals surface area contributed by atoms with Gasteiger partial charge < -0.3 is 14.5 Å². The molecule has 2 aromatic rings. The first-order chi connectivity index (χ1) is 11.0. The number of hydrogen-bond donors (Lipinski definition) is 1. The molecule has 2 aromatic heterocycles. The van der Waals surface area contributed by atoms with Crippen LogP contribution in [0.5, 0.6) is 0 Å². The maximum Gasteiger partial charge on any atom is 0.279 e. The van der Waals surface area contributed by atoms with Crippen molar-refractivity contribution >= 4 is 11.6 Å². The highest BCUT2D eigenvalue weighted by Crippen LogP contribution is 2.27. The first-order valence-electron chi connectivity index (χ1n) is 7.65. The molecule has 0 fully saturated rings. The molecule has 0 radical (unpaired) electrons. The lowest BCUT2D eigenvalue weighted by Crippen LogP contribution is -2.54. The van der Waals surface area contributed by atoms with Crippen LogP contribution in [-0.2, 0) is 13.5 Å². The summed E-state index contributed by atoms with van der Waals surface area (Å²) in [4.78, 5) is 15.6. The summed E-state index contributed by atoms with van der Waals surface area (Å²) in [7, 11) is 3.51. The topological polar surface area (TPSA) is 87.6 Å². The van der Waals surface area contributed by atoms with Crippen molar-refractivity contribution < 1.29 is 14.4 Å². The number of fused-ring (bicyclic) bond motifs is 1. The number of aryl methyl sites for hydroxylation is 3. The molecule has 1 aliphatic heterocycles. The van der Waals surface area contributed by atoms with Gasteiger partial charge in [-0.25, -0.2) is 0 Å². The molecule has 1 unspecified atom stereocenters. The number of nitrogens with zero attached hydrogens (tertiary/aromatic N) is 5. The molecule has 8 heteroatoms. The Morgan fingerprint density at radius 3 is 2.83 bits per heavy atom. The van der Waals surface area contributed by atoms with E-state index >= 15 is 0 Å². The van der Waals surface area contributed by atoms with E-state index in [1.807, 2.05) is 13.0 Å². The molecule has 1 amide bonds. The second-order valence-electron chi connectivity index (χ2n) is 5.88. The van der Waals surface area contributed by atoms with E-state index in [-0.39, 0.29) is 5.91 Å². The van der Waals surface area contributed by atoms with Crippen LogP contribution in [0.25, 0.3) is 0 Å². The van der Waals surface area contributed by atoms with Crippen molar-refractivity contribution in [3.63, 3.8) is 0 Å². The maximum absolute atomic E-state index is 12.5. The normalized spacial score (nSPS) is 17.7. The summed E-state index contributed by atoms with van der Waals surface area (Å²) in [6, 6.07) is 1.91. The van der Waals surface area contributed by atoms with Gasteiger partial charge in [0.2, 0.25) is 6.35 Å². The standard InChI is InChI=1S/C15H21N5O3/c1-10-8-11(23-17-10)6-4-5-7-20-14(21)13-12(9-18(2)16-13)19(3)15(20)22/h8-9,15,22H,4-7H2,1-3H3. The third kappa shape index (κ3) is 2.94. The average Bonchev–Trinajstić information content (AvgIpc) is 3.10. The van der Waals surface area contributed by atoms with E-state index in [4.69, 9.17) is 4.52 Å². The summed E-state index contributed by atoms with van der Waals surface area (Å²) >= 11 is 0. The van der Waals surface area contributed by atoms with Gasteiger partial charge in [-0.15, -0.1) is 0 Å². The number of aliphatic hydroxyl groups is 1. The van der Waals surface area contributed by atoms with Crippen LogP contribution < -0.4 is 4.90 Å². The van der Waals surface area contributed by atoms with Crippen molar-refractivity contribution in [1.82, 2.24) is 19.8 Å². The Kier molecular flexibility index (Phi) is 4.08. The molecule has 0 saturated carbocycles. The molecule has 0 spiro atoms. The minimum Gasteiger partial charge on any atom is -0.361 e. The summed E-state index contributed by atoms with van der Waals surface area (Å²) in [6.07, 6.45) is 3.15. The highest BCUT2D eigenvalue weighted by molar-refractivity contribution is 5.99. The summed E-state index contributed by atoms with van der Waals surface area (Å²) in [5.41, 5.74) is 1.90.